The van der Waals surface area contributed by atoms with E-state index >= 15 is 0 Å². The summed E-state index contributed by atoms with van der Waals surface area (Å²) in [6.07, 6.45) is 0. The molecule has 2 rings (SSSR count). The molecule has 100 valence electrons. The summed E-state index contributed by atoms with van der Waals surface area (Å²) >= 11 is 0. The molecular formula is C16H19NO2. The maximum Gasteiger partial charge on any atom is 0.179 e. The van der Waals surface area contributed by atoms with E-state index in [-0.39, 0.29) is 11.8 Å². The van der Waals surface area contributed by atoms with Gasteiger partial charge in [-0.3, -0.25) is 9.69 Å². The summed E-state index contributed by atoms with van der Waals surface area (Å²) in [5, 5.41) is 2.13. The Hall–Kier alpha value is -1.87. The molecule has 1 atom stereocenters. The van der Waals surface area contributed by atoms with Gasteiger partial charge in [-0.05, 0) is 50.0 Å². The second-order valence-corrected chi connectivity index (χ2v) is 4.93. The van der Waals surface area contributed by atoms with Crippen molar-refractivity contribution in [2.24, 2.45) is 0 Å². The molecule has 0 fully saturated rings. The van der Waals surface area contributed by atoms with Crippen LogP contribution in [0.15, 0.2) is 36.4 Å². The predicted octanol–water partition coefficient (Wildman–Crippen LogP) is 2.98. The summed E-state index contributed by atoms with van der Waals surface area (Å²) in [6, 6.07) is 11.5. The van der Waals surface area contributed by atoms with Crippen molar-refractivity contribution in [3.63, 3.8) is 0 Å². The Bertz CT molecular complexity index is 605. The third-order valence-corrected chi connectivity index (χ3v) is 3.49. The van der Waals surface area contributed by atoms with Crippen LogP contribution in [-0.2, 0) is 0 Å². The van der Waals surface area contributed by atoms with Crippen molar-refractivity contribution in [2.45, 2.75) is 13.0 Å². The Morgan fingerprint density at radius 3 is 2.37 bits per heavy atom. The SMILES string of the molecule is COc1ccc2cc(C(=O)C(C)N(C)C)ccc2c1. The minimum absolute atomic E-state index is 0.115. The van der Waals surface area contributed by atoms with Crippen LogP contribution >= 0.6 is 0 Å². The fraction of sp³-hybridized carbons (Fsp3) is 0.312. The first kappa shape index (κ1) is 13.6. The van der Waals surface area contributed by atoms with Crippen molar-refractivity contribution in [3.8, 4) is 5.75 Å². The number of rotatable bonds is 4. The van der Waals surface area contributed by atoms with Gasteiger partial charge in [-0.25, -0.2) is 0 Å². The highest BCUT2D eigenvalue weighted by Crippen LogP contribution is 2.22. The molecule has 2 aromatic rings. The van der Waals surface area contributed by atoms with Crippen LogP contribution < -0.4 is 4.74 Å². The molecule has 0 aromatic heterocycles. The maximum absolute atomic E-state index is 12.3. The van der Waals surface area contributed by atoms with Crippen molar-refractivity contribution in [2.75, 3.05) is 21.2 Å². The van der Waals surface area contributed by atoms with E-state index in [9.17, 15) is 4.79 Å². The number of hydrogen-bond donors (Lipinski definition) is 0. The van der Waals surface area contributed by atoms with Crippen molar-refractivity contribution in [3.05, 3.63) is 42.0 Å². The molecule has 0 saturated heterocycles. The average Bonchev–Trinajstić information content (AvgIpc) is 2.44. The topological polar surface area (TPSA) is 29.5 Å². The van der Waals surface area contributed by atoms with Crippen LogP contribution in [-0.4, -0.2) is 37.9 Å². The average molecular weight is 257 g/mol. The molecule has 0 amide bonds. The van der Waals surface area contributed by atoms with E-state index in [1.807, 2.05) is 62.3 Å². The zero-order chi connectivity index (χ0) is 14.0. The van der Waals surface area contributed by atoms with Crippen molar-refractivity contribution < 1.29 is 9.53 Å². The van der Waals surface area contributed by atoms with E-state index < -0.39 is 0 Å². The number of hydrogen-bond acceptors (Lipinski definition) is 3. The predicted molar refractivity (Wildman–Crippen MR) is 78.0 cm³/mol. The quantitative estimate of drug-likeness (QED) is 0.789. The fourth-order valence-corrected chi connectivity index (χ4v) is 1.98. The van der Waals surface area contributed by atoms with Gasteiger partial charge in [0.15, 0.2) is 5.78 Å². The molecule has 0 heterocycles. The van der Waals surface area contributed by atoms with Crippen LogP contribution in [0.3, 0.4) is 0 Å². The highest BCUT2D eigenvalue weighted by molar-refractivity contribution is 6.03. The van der Waals surface area contributed by atoms with Gasteiger partial charge in [0.25, 0.3) is 0 Å². The van der Waals surface area contributed by atoms with Crippen LogP contribution in [0.25, 0.3) is 10.8 Å². The number of fused-ring (bicyclic) bond motifs is 1. The Morgan fingerprint density at radius 1 is 1.11 bits per heavy atom. The zero-order valence-corrected chi connectivity index (χ0v) is 11.8. The number of nitrogens with zero attached hydrogens (tertiary/aromatic N) is 1. The van der Waals surface area contributed by atoms with E-state index in [0.29, 0.717) is 0 Å². The number of carbonyl (C=O) groups excluding carboxylic acids is 1. The maximum atomic E-state index is 12.3. The summed E-state index contributed by atoms with van der Waals surface area (Å²) in [6.45, 7) is 1.92. The molecule has 0 aliphatic carbocycles. The van der Waals surface area contributed by atoms with E-state index in [0.717, 1.165) is 22.1 Å². The second-order valence-electron chi connectivity index (χ2n) is 4.93. The number of Topliss-reactive ketones (excluding diaryl/α,β-unsaturated/α-hetero) is 1. The van der Waals surface area contributed by atoms with Crippen molar-refractivity contribution in [1.82, 2.24) is 4.90 Å². The molecule has 0 saturated carbocycles. The Morgan fingerprint density at radius 2 is 1.74 bits per heavy atom. The van der Waals surface area contributed by atoms with Gasteiger partial charge in [-0.15, -0.1) is 0 Å². The van der Waals surface area contributed by atoms with Crippen LogP contribution in [0, 0.1) is 0 Å². The molecule has 3 heteroatoms. The molecule has 3 nitrogen and oxygen atoms in total. The van der Waals surface area contributed by atoms with Gasteiger partial charge in [0.1, 0.15) is 5.75 Å². The smallest absolute Gasteiger partial charge is 0.179 e. The van der Waals surface area contributed by atoms with Crippen LogP contribution in [0.2, 0.25) is 0 Å². The molecule has 0 radical (unpaired) electrons. The summed E-state index contributed by atoms with van der Waals surface area (Å²) in [5.74, 6) is 0.968. The van der Waals surface area contributed by atoms with E-state index in [1.54, 1.807) is 7.11 Å². The van der Waals surface area contributed by atoms with Gasteiger partial charge in [-0.1, -0.05) is 18.2 Å². The number of carbonyl (C=O) groups is 1. The normalized spacial score (nSPS) is 12.7. The van der Waals surface area contributed by atoms with E-state index in [4.69, 9.17) is 4.74 Å². The van der Waals surface area contributed by atoms with E-state index in [2.05, 4.69) is 0 Å². The molecule has 19 heavy (non-hydrogen) atoms. The Kier molecular flexibility index (Phi) is 3.86. The highest BCUT2D eigenvalue weighted by Gasteiger charge is 2.17. The van der Waals surface area contributed by atoms with Gasteiger partial charge in [0.05, 0.1) is 13.2 Å². The molecule has 0 aliphatic rings. The molecule has 2 aromatic carbocycles. The molecular weight excluding hydrogens is 238 g/mol. The summed E-state index contributed by atoms with van der Waals surface area (Å²) < 4.78 is 5.20. The van der Waals surface area contributed by atoms with E-state index in [1.165, 1.54) is 0 Å². The fourth-order valence-electron chi connectivity index (χ4n) is 1.98. The lowest BCUT2D eigenvalue weighted by atomic mass is 10.0. The van der Waals surface area contributed by atoms with Gasteiger partial charge in [0.2, 0.25) is 0 Å². The Labute approximate surface area is 113 Å². The van der Waals surface area contributed by atoms with Gasteiger partial charge in [0, 0.05) is 5.56 Å². The number of ether oxygens (including phenoxy) is 1. The number of benzene rings is 2. The number of methoxy groups -OCH3 is 1. The van der Waals surface area contributed by atoms with Crippen LogP contribution in [0.4, 0.5) is 0 Å². The van der Waals surface area contributed by atoms with Crippen LogP contribution in [0.5, 0.6) is 5.75 Å². The molecule has 0 aliphatic heterocycles. The largest absolute Gasteiger partial charge is 0.497 e. The van der Waals surface area contributed by atoms with Gasteiger partial charge in [-0.2, -0.15) is 0 Å². The van der Waals surface area contributed by atoms with Gasteiger partial charge < -0.3 is 4.74 Å². The van der Waals surface area contributed by atoms with Crippen molar-refractivity contribution >= 4 is 16.6 Å². The molecule has 0 N–H and O–H groups in total. The van der Waals surface area contributed by atoms with Gasteiger partial charge >= 0.3 is 0 Å². The lowest BCUT2D eigenvalue weighted by Gasteiger charge is -2.18. The molecule has 0 bridgehead atoms. The lowest BCUT2D eigenvalue weighted by molar-refractivity contribution is 0.0891. The first-order valence-electron chi connectivity index (χ1n) is 6.31. The van der Waals surface area contributed by atoms with Crippen molar-refractivity contribution in [1.29, 1.82) is 0 Å². The van der Waals surface area contributed by atoms with Crippen LogP contribution in [0.1, 0.15) is 17.3 Å². The lowest BCUT2D eigenvalue weighted by Crippen LogP contribution is -2.32. The first-order valence-corrected chi connectivity index (χ1v) is 6.31. The monoisotopic (exact) mass is 257 g/mol. The zero-order valence-electron chi connectivity index (χ0n) is 11.8. The third kappa shape index (κ3) is 2.76. The first-order chi connectivity index (χ1) is 9.02. The second kappa shape index (κ2) is 5.41. The third-order valence-electron chi connectivity index (χ3n) is 3.49. The standard InChI is InChI=1S/C16H19NO2/c1-11(17(2)3)16(18)14-6-5-13-10-15(19-4)8-7-12(13)9-14/h5-11H,1-4H3. The number of likely N-dealkylation sites (N-methyl/N-ethyl adjacent to an activating group) is 1. The summed E-state index contributed by atoms with van der Waals surface area (Å²) in [7, 11) is 5.47. The number of ketones is 1. The minimum Gasteiger partial charge on any atom is -0.497 e. The Balaban J connectivity index is 2.39. The summed E-state index contributed by atoms with van der Waals surface area (Å²) in [5.41, 5.74) is 0.749. The minimum atomic E-state index is -0.115. The summed E-state index contributed by atoms with van der Waals surface area (Å²) in [4.78, 5) is 14.2. The highest BCUT2D eigenvalue weighted by atomic mass is 16.5. The molecule has 0 spiro atoms. The molecule has 1 unspecified atom stereocenters.